The fourth-order valence-electron chi connectivity index (χ4n) is 4.19. The molecule has 1 fully saturated rings. The Morgan fingerprint density at radius 3 is 2.97 bits per heavy atom. The van der Waals surface area contributed by atoms with Crippen molar-refractivity contribution in [1.82, 2.24) is 24.3 Å². The second-order valence-electron chi connectivity index (χ2n) is 7.49. The summed E-state index contributed by atoms with van der Waals surface area (Å²) in [5, 5.41) is 6.12. The third kappa shape index (κ3) is 3.34. The maximum atomic E-state index is 6.33. The predicted octanol–water partition coefficient (Wildman–Crippen LogP) is 4.23. The van der Waals surface area contributed by atoms with E-state index < -0.39 is 0 Å². The van der Waals surface area contributed by atoms with Crippen LogP contribution in [-0.4, -0.2) is 44.1 Å². The van der Waals surface area contributed by atoms with E-state index in [4.69, 9.17) is 26.1 Å². The molecule has 0 bridgehead atoms. The Kier molecular flexibility index (Phi) is 4.64. The molecule has 0 radical (unpaired) electrons. The molecular weight excluding hydrogens is 390 g/mol. The largest absolute Gasteiger partial charge is 0.493 e. The van der Waals surface area contributed by atoms with Gasteiger partial charge in [0.05, 0.1) is 49.4 Å². The zero-order chi connectivity index (χ0) is 20.0. The molecule has 0 saturated carbocycles. The van der Waals surface area contributed by atoms with Gasteiger partial charge in [-0.2, -0.15) is 5.10 Å². The molecule has 29 heavy (non-hydrogen) atoms. The molecule has 5 rings (SSSR count). The number of benzene rings is 1. The molecule has 4 aromatic rings. The van der Waals surface area contributed by atoms with Gasteiger partial charge in [0.1, 0.15) is 11.3 Å². The SMILES string of the molecule is COc1cnn(Cc2nc3cnc4ccc(Cl)cc4c3n2[C@@H]2CCO[C@H](C)C2)c1. The average Bonchev–Trinajstić information content (AvgIpc) is 3.32. The number of hydrogen-bond acceptors (Lipinski definition) is 5. The molecule has 0 aliphatic carbocycles. The number of halogens is 1. The summed E-state index contributed by atoms with van der Waals surface area (Å²) < 4.78 is 15.3. The number of hydrogen-bond donors (Lipinski definition) is 0. The molecule has 4 heterocycles. The summed E-state index contributed by atoms with van der Waals surface area (Å²) in [7, 11) is 1.64. The maximum Gasteiger partial charge on any atom is 0.156 e. The highest BCUT2D eigenvalue weighted by molar-refractivity contribution is 6.31. The highest BCUT2D eigenvalue weighted by Crippen LogP contribution is 2.34. The Hall–Kier alpha value is -2.64. The first kappa shape index (κ1) is 18.4. The first-order valence-corrected chi connectivity index (χ1v) is 10.1. The van der Waals surface area contributed by atoms with Crippen molar-refractivity contribution in [2.45, 2.75) is 38.5 Å². The minimum Gasteiger partial charge on any atom is -0.493 e. The van der Waals surface area contributed by atoms with Gasteiger partial charge in [-0.05, 0) is 38.0 Å². The summed E-state index contributed by atoms with van der Waals surface area (Å²) >= 11 is 6.33. The van der Waals surface area contributed by atoms with Crippen molar-refractivity contribution >= 4 is 33.5 Å². The molecule has 0 N–H and O–H groups in total. The lowest BCUT2D eigenvalue weighted by Crippen LogP contribution is -2.27. The first-order valence-electron chi connectivity index (χ1n) is 9.75. The number of pyridine rings is 1. The molecule has 0 unspecified atom stereocenters. The third-order valence-electron chi connectivity index (χ3n) is 5.52. The quantitative estimate of drug-likeness (QED) is 0.502. The Morgan fingerprint density at radius 2 is 2.17 bits per heavy atom. The van der Waals surface area contributed by atoms with Gasteiger partial charge in [-0.15, -0.1) is 0 Å². The molecule has 1 aliphatic heterocycles. The monoisotopic (exact) mass is 411 g/mol. The Balaban J connectivity index is 1.71. The van der Waals surface area contributed by atoms with Crippen LogP contribution in [0.5, 0.6) is 5.75 Å². The summed E-state index contributed by atoms with van der Waals surface area (Å²) in [6, 6.07) is 6.10. The van der Waals surface area contributed by atoms with Crippen LogP contribution in [0.25, 0.3) is 21.9 Å². The molecule has 150 valence electrons. The van der Waals surface area contributed by atoms with E-state index in [2.05, 4.69) is 21.6 Å². The zero-order valence-corrected chi connectivity index (χ0v) is 17.1. The van der Waals surface area contributed by atoms with E-state index in [-0.39, 0.29) is 6.10 Å². The smallest absolute Gasteiger partial charge is 0.156 e. The molecule has 7 nitrogen and oxygen atoms in total. The van der Waals surface area contributed by atoms with Crippen LogP contribution in [0.2, 0.25) is 5.02 Å². The number of imidazole rings is 1. The molecule has 8 heteroatoms. The predicted molar refractivity (Wildman–Crippen MR) is 112 cm³/mol. The normalized spacial score (nSPS) is 19.8. The van der Waals surface area contributed by atoms with E-state index in [9.17, 15) is 0 Å². The van der Waals surface area contributed by atoms with E-state index in [1.165, 1.54) is 0 Å². The van der Waals surface area contributed by atoms with Crippen LogP contribution in [0.15, 0.2) is 36.8 Å². The van der Waals surface area contributed by atoms with E-state index in [0.717, 1.165) is 53.0 Å². The molecule has 2 atom stereocenters. The molecule has 0 amide bonds. The number of nitrogens with zero attached hydrogens (tertiary/aromatic N) is 5. The number of ether oxygens (including phenoxy) is 2. The summed E-state index contributed by atoms with van der Waals surface area (Å²) in [5.41, 5.74) is 2.86. The van der Waals surface area contributed by atoms with Crippen molar-refractivity contribution in [3.8, 4) is 5.75 Å². The minimum absolute atomic E-state index is 0.209. The molecule has 3 aromatic heterocycles. The Bertz CT molecular complexity index is 1180. The van der Waals surface area contributed by atoms with Crippen molar-refractivity contribution in [3.63, 3.8) is 0 Å². The number of fused-ring (bicyclic) bond motifs is 3. The molecule has 1 saturated heterocycles. The van der Waals surface area contributed by atoms with Crippen molar-refractivity contribution in [2.24, 2.45) is 0 Å². The molecule has 1 aliphatic rings. The summed E-state index contributed by atoms with van der Waals surface area (Å²) in [6.45, 7) is 3.41. The van der Waals surface area contributed by atoms with E-state index >= 15 is 0 Å². The maximum absolute atomic E-state index is 6.33. The molecule has 1 aromatic carbocycles. The number of aromatic nitrogens is 5. The summed E-state index contributed by atoms with van der Waals surface area (Å²) in [6.07, 6.45) is 7.52. The van der Waals surface area contributed by atoms with Gasteiger partial charge >= 0.3 is 0 Å². The van der Waals surface area contributed by atoms with Gasteiger partial charge in [-0.3, -0.25) is 9.67 Å². The lowest BCUT2D eigenvalue weighted by atomic mass is 10.0. The summed E-state index contributed by atoms with van der Waals surface area (Å²) in [4.78, 5) is 9.53. The van der Waals surface area contributed by atoms with Crippen LogP contribution >= 0.6 is 11.6 Å². The highest BCUT2D eigenvalue weighted by Gasteiger charge is 2.26. The lowest BCUT2D eigenvalue weighted by Gasteiger charge is -2.30. The second-order valence-corrected chi connectivity index (χ2v) is 7.93. The van der Waals surface area contributed by atoms with Gasteiger partial charge in [0.15, 0.2) is 5.75 Å². The van der Waals surface area contributed by atoms with Crippen LogP contribution in [0, 0.1) is 0 Å². The van der Waals surface area contributed by atoms with Crippen LogP contribution in [0.1, 0.15) is 31.6 Å². The van der Waals surface area contributed by atoms with E-state index in [0.29, 0.717) is 17.6 Å². The number of rotatable bonds is 4. The average molecular weight is 412 g/mol. The lowest BCUT2D eigenvalue weighted by molar-refractivity contribution is 0.00619. The van der Waals surface area contributed by atoms with Crippen LogP contribution in [0.3, 0.4) is 0 Å². The van der Waals surface area contributed by atoms with Crippen LogP contribution < -0.4 is 4.74 Å². The standard InChI is InChI=1S/C21H22ClN5O2/c1-13-7-15(5-6-29-13)27-20(12-26-11-16(28-2)9-24-26)25-19-10-23-18-4-3-14(22)8-17(18)21(19)27/h3-4,8-11,13,15H,5-7,12H2,1-2H3/t13-,15-/m1/s1. The molecular formula is C21H22ClN5O2. The summed E-state index contributed by atoms with van der Waals surface area (Å²) in [5.74, 6) is 1.67. The van der Waals surface area contributed by atoms with Crippen molar-refractivity contribution in [3.05, 3.63) is 47.6 Å². The second kappa shape index (κ2) is 7.31. The molecule has 0 spiro atoms. The topological polar surface area (TPSA) is 67.0 Å². The highest BCUT2D eigenvalue weighted by atomic mass is 35.5. The Morgan fingerprint density at radius 1 is 1.28 bits per heavy atom. The van der Waals surface area contributed by atoms with Gasteiger partial charge in [0, 0.05) is 23.1 Å². The third-order valence-corrected chi connectivity index (χ3v) is 5.76. The fraction of sp³-hybridized carbons (Fsp3) is 0.381. The van der Waals surface area contributed by atoms with Crippen molar-refractivity contribution < 1.29 is 9.47 Å². The van der Waals surface area contributed by atoms with E-state index in [1.807, 2.05) is 35.3 Å². The van der Waals surface area contributed by atoms with Crippen molar-refractivity contribution in [1.29, 1.82) is 0 Å². The van der Waals surface area contributed by atoms with Crippen molar-refractivity contribution in [2.75, 3.05) is 13.7 Å². The van der Waals surface area contributed by atoms with E-state index in [1.54, 1.807) is 13.3 Å². The Labute approximate surface area is 173 Å². The van der Waals surface area contributed by atoms with Gasteiger partial charge in [0.25, 0.3) is 0 Å². The van der Waals surface area contributed by atoms with Crippen LogP contribution in [0.4, 0.5) is 0 Å². The fourth-order valence-corrected chi connectivity index (χ4v) is 4.36. The van der Waals surface area contributed by atoms with Gasteiger partial charge in [-0.25, -0.2) is 4.98 Å². The zero-order valence-electron chi connectivity index (χ0n) is 16.4. The number of methoxy groups -OCH3 is 1. The van der Waals surface area contributed by atoms with Gasteiger partial charge in [-0.1, -0.05) is 11.6 Å². The van der Waals surface area contributed by atoms with Gasteiger partial charge in [0.2, 0.25) is 0 Å². The van der Waals surface area contributed by atoms with Gasteiger partial charge < -0.3 is 14.0 Å². The van der Waals surface area contributed by atoms with Crippen LogP contribution in [-0.2, 0) is 11.3 Å². The minimum atomic E-state index is 0.209. The first-order chi connectivity index (χ1) is 14.1.